The Labute approximate surface area is 93.0 Å². The van der Waals surface area contributed by atoms with Crippen molar-refractivity contribution in [3.8, 4) is 0 Å². The van der Waals surface area contributed by atoms with Gasteiger partial charge in [0.05, 0.1) is 0 Å². The van der Waals surface area contributed by atoms with E-state index in [1.165, 1.54) is 0 Å². The molecule has 1 aliphatic rings. The summed E-state index contributed by atoms with van der Waals surface area (Å²) in [6.45, 7) is 0.468. The number of primary amides is 2. The van der Waals surface area contributed by atoms with Crippen molar-refractivity contribution in [1.82, 2.24) is 0 Å². The summed E-state index contributed by atoms with van der Waals surface area (Å²) in [5.74, 6) is 0. The van der Waals surface area contributed by atoms with Crippen LogP contribution in [-0.4, -0.2) is 37.6 Å². The zero-order valence-corrected chi connectivity index (χ0v) is 8.94. The second-order valence-corrected chi connectivity index (χ2v) is 3.70. The minimum Gasteiger partial charge on any atom is -0.446 e. The summed E-state index contributed by atoms with van der Waals surface area (Å²) in [4.78, 5) is 21.1. The lowest BCUT2D eigenvalue weighted by molar-refractivity contribution is -0.133. The summed E-state index contributed by atoms with van der Waals surface area (Å²) in [5, 5.41) is 0. The van der Waals surface area contributed by atoms with Crippen molar-refractivity contribution in [3.63, 3.8) is 0 Å². The molecule has 2 amide bonds. The molecule has 7 nitrogen and oxygen atoms in total. The van der Waals surface area contributed by atoms with Crippen LogP contribution in [0.25, 0.3) is 0 Å². The Kier molecular flexibility index (Phi) is 4.36. The van der Waals surface area contributed by atoms with Crippen molar-refractivity contribution in [1.29, 1.82) is 0 Å². The number of rotatable bonds is 4. The normalized spacial score (nSPS) is 18.8. The van der Waals surface area contributed by atoms with E-state index in [0.29, 0.717) is 13.0 Å². The van der Waals surface area contributed by atoms with Gasteiger partial charge in [-0.15, -0.1) is 0 Å². The van der Waals surface area contributed by atoms with Crippen LogP contribution in [0.1, 0.15) is 19.3 Å². The van der Waals surface area contributed by atoms with Crippen molar-refractivity contribution in [2.75, 3.05) is 19.8 Å². The number of ether oxygens (including phenoxy) is 3. The highest BCUT2D eigenvalue weighted by atomic mass is 16.6. The molecule has 0 unspecified atom stereocenters. The smallest absolute Gasteiger partial charge is 0.404 e. The van der Waals surface area contributed by atoms with E-state index in [4.69, 9.17) is 25.7 Å². The molecule has 4 N–H and O–H groups in total. The van der Waals surface area contributed by atoms with Crippen LogP contribution >= 0.6 is 0 Å². The minimum absolute atomic E-state index is 0.0321. The first-order chi connectivity index (χ1) is 7.54. The largest absolute Gasteiger partial charge is 0.446 e. The van der Waals surface area contributed by atoms with Crippen LogP contribution in [-0.2, 0) is 14.2 Å². The van der Waals surface area contributed by atoms with E-state index in [9.17, 15) is 9.59 Å². The van der Waals surface area contributed by atoms with Gasteiger partial charge in [0.1, 0.15) is 18.8 Å². The molecule has 0 aliphatic carbocycles. The summed E-state index contributed by atoms with van der Waals surface area (Å²) < 4.78 is 14.9. The fourth-order valence-electron chi connectivity index (χ4n) is 1.58. The quantitative estimate of drug-likeness (QED) is 0.714. The average Bonchev–Trinajstić information content (AvgIpc) is 2.25. The molecule has 1 saturated heterocycles. The van der Waals surface area contributed by atoms with E-state index in [1.807, 2.05) is 0 Å². The molecule has 0 saturated carbocycles. The summed E-state index contributed by atoms with van der Waals surface area (Å²) in [7, 11) is 0. The van der Waals surface area contributed by atoms with Crippen molar-refractivity contribution in [2.45, 2.75) is 24.9 Å². The first-order valence-corrected chi connectivity index (χ1v) is 5.02. The summed E-state index contributed by atoms with van der Waals surface area (Å²) in [6, 6.07) is 0. The van der Waals surface area contributed by atoms with Crippen molar-refractivity contribution >= 4 is 12.2 Å². The molecular formula is C9H16N2O5. The lowest BCUT2D eigenvalue weighted by Gasteiger charge is -2.35. The monoisotopic (exact) mass is 232 g/mol. The van der Waals surface area contributed by atoms with Crippen LogP contribution in [0.15, 0.2) is 0 Å². The van der Waals surface area contributed by atoms with E-state index < -0.39 is 17.8 Å². The van der Waals surface area contributed by atoms with Crippen LogP contribution < -0.4 is 11.5 Å². The van der Waals surface area contributed by atoms with Crippen LogP contribution in [0, 0.1) is 0 Å². The van der Waals surface area contributed by atoms with Gasteiger partial charge in [-0.25, -0.2) is 9.59 Å². The number of nitrogens with two attached hydrogens (primary N) is 2. The van der Waals surface area contributed by atoms with Gasteiger partial charge in [0.25, 0.3) is 0 Å². The number of carbonyl (C=O) groups is 2. The molecule has 0 spiro atoms. The van der Waals surface area contributed by atoms with Gasteiger partial charge in [-0.05, 0) is 19.3 Å². The summed E-state index contributed by atoms with van der Waals surface area (Å²) >= 11 is 0. The van der Waals surface area contributed by atoms with Crippen LogP contribution in [0.3, 0.4) is 0 Å². The van der Waals surface area contributed by atoms with Gasteiger partial charge >= 0.3 is 12.2 Å². The molecule has 1 rings (SSSR count). The zero-order chi connectivity index (χ0) is 12.0. The third-order valence-corrected chi connectivity index (χ3v) is 2.39. The Morgan fingerprint density at radius 2 is 1.69 bits per heavy atom. The lowest BCUT2D eigenvalue weighted by atomic mass is 9.95. The Morgan fingerprint density at radius 3 is 2.06 bits per heavy atom. The molecule has 0 aromatic rings. The zero-order valence-electron chi connectivity index (χ0n) is 8.94. The molecule has 0 aromatic heterocycles. The predicted molar refractivity (Wildman–Crippen MR) is 53.6 cm³/mol. The van der Waals surface area contributed by atoms with E-state index in [2.05, 4.69) is 0 Å². The van der Waals surface area contributed by atoms with Gasteiger partial charge in [-0.3, -0.25) is 0 Å². The fourth-order valence-corrected chi connectivity index (χ4v) is 1.58. The fraction of sp³-hybridized carbons (Fsp3) is 0.778. The lowest BCUT2D eigenvalue weighted by Crippen LogP contribution is -2.47. The van der Waals surface area contributed by atoms with E-state index in [0.717, 1.165) is 12.8 Å². The molecule has 7 heteroatoms. The Balaban J connectivity index is 2.52. The molecule has 92 valence electrons. The number of hydrogen-bond donors (Lipinski definition) is 2. The Morgan fingerprint density at radius 1 is 1.12 bits per heavy atom. The molecule has 1 fully saturated rings. The SMILES string of the molecule is NC(=O)OCC1(COC(N)=O)CCCCO1. The second kappa shape index (κ2) is 5.55. The number of hydrogen-bond acceptors (Lipinski definition) is 5. The molecule has 0 radical (unpaired) electrons. The Hall–Kier alpha value is -1.50. The minimum atomic E-state index is -0.882. The first-order valence-electron chi connectivity index (χ1n) is 5.02. The van der Waals surface area contributed by atoms with Gasteiger partial charge in [0, 0.05) is 6.61 Å². The highest BCUT2D eigenvalue weighted by Crippen LogP contribution is 2.25. The van der Waals surface area contributed by atoms with Crippen LogP contribution in [0.4, 0.5) is 9.59 Å². The molecule has 1 aliphatic heterocycles. The number of carbonyl (C=O) groups excluding carboxylic acids is 2. The molecule has 1 heterocycles. The van der Waals surface area contributed by atoms with Crippen LogP contribution in [0.5, 0.6) is 0 Å². The summed E-state index contributed by atoms with van der Waals surface area (Å²) in [5.41, 5.74) is 8.95. The first kappa shape index (κ1) is 12.6. The topological polar surface area (TPSA) is 114 Å². The molecular weight excluding hydrogens is 216 g/mol. The molecule has 16 heavy (non-hydrogen) atoms. The maximum Gasteiger partial charge on any atom is 0.404 e. The third kappa shape index (κ3) is 3.93. The molecule has 0 aromatic carbocycles. The third-order valence-electron chi connectivity index (χ3n) is 2.39. The van der Waals surface area contributed by atoms with E-state index in [1.54, 1.807) is 0 Å². The van der Waals surface area contributed by atoms with Crippen molar-refractivity contribution in [3.05, 3.63) is 0 Å². The van der Waals surface area contributed by atoms with Crippen LogP contribution in [0.2, 0.25) is 0 Å². The van der Waals surface area contributed by atoms with Gasteiger partial charge in [-0.2, -0.15) is 0 Å². The van der Waals surface area contributed by atoms with Gasteiger partial charge in [0.15, 0.2) is 0 Å². The highest BCUT2D eigenvalue weighted by molar-refractivity contribution is 5.65. The highest BCUT2D eigenvalue weighted by Gasteiger charge is 2.36. The van der Waals surface area contributed by atoms with Crippen molar-refractivity contribution < 1.29 is 23.8 Å². The van der Waals surface area contributed by atoms with Gasteiger partial charge in [0.2, 0.25) is 0 Å². The summed E-state index contributed by atoms with van der Waals surface area (Å²) in [6.07, 6.45) is 0.701. The second-order valence-electron chi connectivity index (χ2n) is 3.70. The van der Waals surface area contributed by atoms with Gasteiger partial charge < -0.3 is 25.7 Å². The van der Waals surface area contributed by atoms with E-state index in [-0.39, 0.29) is 13.2 Å². The molecule has 0 bridgehead atoms. The average molecular weight is 232 g/mol. The standard InChI is InChI=1S/C9H16N2O5/c10-7(12)14-5-9(6-15-8(11)13)3-1-2-4-16-9/h1-6H2,(H2,10,12)(H2,11,13). The predicted octanol–water partition coefficient (Wildman–Crippen LogP) is 0.116. The van der Waals surface area contributed by atoms with Gasteiger partial charge in [-0.1, -0.05) is 0 Å². The number of amides is 2. The maximum absolute atomic E-state index is 10.5. The van der Waals surface area contributed by atoms with E-state index >= 15 is 0 Å². The Bertz CT molecular complexity index is 243. The molecule has 0 atom stereocenters. The maximum atomic E-state index is 10.5. The van der Waals surface area contributed by atoms with Crippen molar-refractivity contribution in [2.24, 2.45) is 11.5 Å².